The SMILES string of the molecule is Cc1nc(-c2ccccc2)sc1-c1ccc2[nH]c(-c3ccccc3Cl)cc2c1. The van der Waals surface area contributed by atoms with Gasteiger partial charge in [0.25, 0.3) is 0 Å². The van der Waals surface area contributed by atoms with Crippen molar-refractivity contribution in [3.63, 3.8) is 0 Å². The van der Waals surface area contributed by atoms with Crippen LogP contribution >= 0.6 is 22.9 Å². The van der Waals surface area contributed by atoms with E-state index in [0.717, 1.165) is 38.1 Å². The molecule has 0 radical (unpaired) electrons. The number of fused-ring (bicyclic) bond motifs is 1. The molecule has 1 N–H and O–H groups in total. The molecule has 5 aromatic rings. The molecule has 2 nitrogen and oxygen atoms in total. The van der Waals surface area contributed by atoms with E-state index in [9.17, 15) is 0 Å². The van der Waals surface area contributed by atoms with Gasteiger partial charge in [0, 0.05) is 32.7 Å². The van der Waals surface area contributed by atoms with Crippen molar-refractivity contribution in [1.82, 2.24) is 9.97 Å². The van der Waals surface area contributed by atoms with Crippen LogP contribution in [0.25, 0.3) is 43.2 Å². The van der Waals surface area contributed by atoms with Crippen LogP contribution in [0.15, 0.2) is 78.9 Å². The van der Waals surface area contributed by atoms with Crippen molar-refractivity contribution < 1.29 is 0 Å². The summed E-state index contributed by atoms with van der Waals surface area (Å²) in [5, 5.41) is 2.97. The first-order chi connectivity index (χ1) is 13.7. The summed E-state index contributed by atoms with van der Waals surface area (Å²) in [4.78, 5) is 9.48. The third-order valence-corrected chi connectivity index (χ3v) is 6.45. The normalized spacial score (nSPS) is 11.2. The summed E-state index contributed by atoms with van der Waals surface area (Å²) in [6.07, 6.45) is 0. The second-order valence-corrected chi connectivity index (χ2v) is 8.17. The maximum Gasteiger partial charge on any atom is 0.124 e. The van der Waals surface area contributed by atoms with E-state index >= 15 is 0 Å². The quantitative estimate of drug-likeness (QED) is 0.332. The maximum atomic E-state index is 6.37. The van der Waals surface area contributed by atoms with Gasteiger partial charge in [0.2, 0.25) is 0 Å². The second kappa shape index (κ2) is 6.93. The Morgan fingerprint density at radius 1 is 0.857 bits per heavy atom. The average Bonchev–Trinajstić information content (AvgIpc) is 3.32. The lowest BCUT2D eigenvalue weighted by Gasteiger charge is -1.99. The molecule has 2 heterocycles. The predicted molar refractivity (Wildman–Crippen MR) is 120 cm³/mol. The number of nitrogens with zero attached hydrogens (tertiary/aromatic N) is 1. The van der Waals surface area contributed by atoms with Crippen molar-refractivity contribution in [2.75, 3.05) is 0 Å². The van der Waals surface area contributed by atoms with E-state index in [-0.39, 0.29) is 0 Å². The fourth-order valence-corrected chi connectivity index (χ4v) is 4.77. The van der Waals surface area contributed by atoms with Crippen LogP contribution in [0.3, 0.4) is 0 Å². The molecule has 0 unspecified atom stereocenters. The number of hydrogen-bond donors (Lipinski definition) is 1. The fraction of sp³-hybridized carbons (Fsp3) is 0.0417. The third kappa shape index (κ3) is 3.03. The van der Waals surface area contributed by atoms with Gasteiger partial charge in [0.15, 0.2) is 0 Å². The predicted octanol–water partition coefficient (Wildman–Crippen LogP) is 7.59. The van der Waals surface area contributed by atoms with Crippen LogP contribution < -0.4 is 0 Å². The van der Waals surface area contributed by atoms with Gasteiger partial charge in [-0.1, -0.05) is 66.2 Å². The van der Waals surface area contributed by atoms with E-state index in [0.29, 0.717) is 0 Å². The first kappa shape index (κ1) is 17.2. The molecule has 5 rings (SSSR count). The molecule has 0 aliphatic heterocycles. The Labute approximate surface area is 172 Å². The van der Waals surface area contributed by atoms with Crippen LogP contribution in [-0.4, -0.2) is 9.97 Å². The van der Waals surface area contributed by atoms with E-state index in [1.54, 1.807) is 11.3 Å². The van der Waals surface area contributed by atoms with Gasteiger partial charge in [-0.25, -0.2) is 4.98 Å². The minimum atomic E-state index is 0.750. The summed E-state index contributed by atoms with van der Waals surface area (Å²) < 4.78 is 0. The van der Waals surface area contributed by atoms with Crippen molar-refractivity contribution in [3.8, 4) is 32.3 Å². The summed E-state index contributed by atoms with van der Waals surface area (Å²) >= 11 is 8.11. The average molecular weight is 401 g/mol. The lowest BCUT2D eigenvalue weighted by Crippen LogP contribution is -1.79. The summed E-state index contributed by atoms with van der Waals surface area (Å²) in [6, 6.07) is 26.9. The minimum absolute atomic E-state index is 0.750. The number of nitrogens with one attached hydrogen (secondary N) is 1. The molecule has 0 saturated heterocycles. The van der Waals surface area contributed by atoms with Crippen LogP contribution in [0.5, 0.6) is 0 Å². The Morgan fingerprint density at radius 2 is 1.64 bits per heavy atom. The Morgan fingerprint density at radius 3 is 2.46 bits per heavy atom. The minimum Gasteiger partial charge on any atom is -0.354 e. The van der Waals surface area contributed by atoms with Gasteiger partial charge in [-0.2, -0.15) is 0 Å². The zero-order chi connectivity index (χ0) is 19.1. The van der Waals surface area contributed by atoms with E-state index in [1.165, 1.54) is 15.8 Å². The van der Waals surface area contributed by atoms with Crippen molar-refractivity contribution in [2.24, 2.45) is 0 Å². The van der Waals surface area contributed by atoms with Crippen LogP contribution in [0.1, 0.15) is 5.69 Å². The molecular weight excluding hydrogens is 384 g/mol. The first-order valence-electron chi connectivity index (χ1n) is 9.10. The molecule has 136 valence electrons. The zero-order valence-corrected chi connectivity index (χ0v) is 16.8. The molecule has 3 aromatic carbocycles. The van der Waals surface area contributed by atoms with Gasteiger partial charge in [0.1, 0.15) is 5.01 Å². The number of thiazole rings is 1. The Bertz CT molecular complexity index is 1280. The van der Waals surface area contributed by atoms with Crippen molar-refractivity contribution in [1.29, 1.82) is 0 Å². The van der Waals surface area contributed by atoms with Gasteiger partial charge in [-0.05, 0) is 36.8 Å². The highest BCUT2D eigenvalue weighted by atomic mass is 35.5. The molecule has 0 aliphatic rings. The maximum absolute atomic E-state index is 6.37. The summed E-state index contributed by atoms with van der Waals surface area (Å²) in [6.45, 7) is 2.08. The highest BCUT2D eigenvalue weighted by Gasteiger charge is 2.13. The van der Waals surface area contributed by atoms with Gasteiger partial charge < -0.3 is 4.98 Å². The van der Waals surface area contributed by atoms with Crippen LogP contribution in [0.2, 0.25) is 5.02 Å². The molecule has 28 heavy (non-hydrogen) atoms. The van der Waals surface area contributed by atoms with E-state index < -0.39 is 0 Å². The number of benzene rings is 3. The molecule has 0 atom stereocenters. The van der Waals surface area contributed by atoms with E-state index in [4.69, 9.17) is 16.6 Å². The second-order valence-electron chi connectivity index (χ2n) is 6.76. The third-order valence-electron chi connectivity index (χ3n) is 4.86. The lowest BCUT2D eigenvalue weighted by atomic mass is 10.1. The number of halogens is 1. The van der Waals surface area contributed by atoms with E-state index in [1.807, 2.05) is 42.5 Å². The highest BCUT2D eigenvalue weighted by molar-refractivity contribution is 7.18. The van der Waals surface area contributed by atoms with Crippen LogP contribution in [0.4, 0.5) is 0 Å². The fourth-order valence-electron chi connectivity index (χ4n) is 3.47. The standard InChI is InChI=1S/C24H17ClN2S/c1-15-23(28-24(26-15)16-7-3-2-4-8-16)17-11-12-21-18(13-17)14-22(27-21)19-9-5-6-10-20(19)25/h2-14,27H,1H3. The first-order valence-corrected chi connectivity index (χ1v) is 10.3. The number of aromatic nitrogens is 2. The smallest absolute Gasteiger partial charge is 0.124 e. The molecule has 4 heteroatoms. The number of rotatable bonds is 3. The Balaban J connectivity index is 1.57. The molecular formula is C24H17ClN2S. The van der Waals surface area contributed by atoms with Crippen molar-refractivity contribution in [2.45, 2.75) is 6.92 Å². The zero-order valence-electron chi connectivity index (χ0n) is 15.2. The summed E-state index contributed by atoms with van der Waals surface area (Å²) in [5.41, 5.74) is 6.56. The van der Waals surface area contributed by atoms with Crippen molar-refractivity contribution >= 4 is 33.8 Å². The number of hydrogen-bond acceptors (Lipinski definition) is 2. The molecule has 0 aliphatic carbocycles. The van der Waals surface area contributed by atoms with Crippen LogP contribution in [0, 0.1) is 6.92 Å². The number of aromatic amines is 1. The topological polar surface area (TPSA) is 28.7 Å². The Hall–Kier alpha value is -2.88. The summed E-state index contributed by atoms with van der Waals surface area (Å²) in [7, 11) is 0. The molecule has 0 amide bonds. The van der Waals surface area contributed by atoms with Gasteiger partial charge >= 0.3 is 0 Å². The largest absolute Gasteiger partial charge is 0.354 e. The van der Waals surface area contributed by atoms with Gasteiger partial charge in [0.05, 0.1) is 10.6 Å². The monoisotopic (exact) mass is 400 g/mol. The van der Waals surface area contributed by atoms with E-state index in [2.05, 4.69) is 48.3 Å². The number of H-pyrrole nitrogens is 1. The molecule has 0 saturated carbocycles. The molecule has 0 spiro atoms. The lowest BCUT2D eigenvalue weighted by molar-refractivity contribution is 1.27. The van der Waals surface area contributed by atoms with Gasteiger partial charge in [-0.15, -0.1) is 11.3 Å². The Kier molecular flexibility index (Phi) is 4.27. The number of aryl methyl sites for hydroxylation is 1. The van der Waals surface area contributed by atoms with Crippen LogP contribution in [-0.2, 0) is 0 Å². The molecule has 0 fully saturated rings. The molecule has 0 bridgehead atoms. The van der Waals surface area contributed by atoms with Crippen molar-refractivity contribution in [3.05, 3.63) is 89.6 Å². The molecule has 2 aromatic heterocycles. The highest BCUT2D eigenvalue weighted by Crippen LogP contribution is 2.37. The van der Waals surface area contributed by atoms with Gasteiger partial charge in [-0.3, -0.25) is 0 Å². The summed E-state index contributed by atoms with van der Waals surface area (Å²) in [5.74, 6) is 0.